The number of nitrogen functional groups attached to an aromatic ring is 1. The zero-order valence-corrected chi connectivity index (χ0v) is 11.5. The van der Waals surface area contributed by atoms with Gasteiger partial charge in [0.15, 0.2) is 0 Å². The van der Waals surface area contributed by atoms with Gasteiger partial charge in [0.1, 0.15) is 17.5 Å². The van der Waals surface area contributed by atoms with Crippen LogP contribution in [0, 0.1) is 17.5 Å². The van der Waals surface area contributed by atoms with Crippen molar-refractivity contribution in [1.29, 1.82) is 0 Å². The monoisotopic (exact) mass is 344 g/mol. The van der Waals surface area contributed by atoms with Crippen LogP contribution in [0.5, 0.6) is 0 Å². The molecule has 20 heavy (non-hydrogen) atoms. The zero-order chi connectivity index (χ0) is 14.9. The summed E-state index contributed by atoms with van der Waals surface area (Å²) in [6.45, 7) is 0. The maximum absolute atomic E-state index is 13.5. The average molecular weight is 345 g/mol. The highest BCUT2D eigenvalue weighted by Crippen LogP contribution is 2.25. The largest absolute Gasteiger partial charge is 0.396 e. The van der Waals surface area contributed by atoms with Crippen LogP contribution in [0.2, 0.25) is 0 Å². The Balaban J connectivity index is 2.33. The smallest absolute Gasteiger partial charge is 0.257 e. The molecule has 0 unspecified atom stereocenters. The van der Waals surface area contributed by atoms with Gasteiger partial charge in [0.2, 0.25) is 0 Å². The maximum Gasteiger partial charge on any atom is 0.257 e. The van der Waals surface area contributed by atoms with Gasteiger partial charge in [-0.15, -0.1) is 0 Å². The highest BCUT2D eigenvalue weighted by atomic mass is 79.9. The molecule has 0 aliphatic rings. The van der Waals surface area contributed by atoms with Gasteiger partial charge in [0.05, 0.1) is 21.4 Å². The Labute approximate surface area is 120 Å². The molecule has 7 heteroatoms. The molecular weight excluding hydrogens is 337 g/mol. The first-order chi connectivity index (χ1) is 9.40. The molecule has 0 atom stereocenters. The van der Waals surface area contributed by atoms with Crippen LogP contribution in [0.15, 0.2) is 34.8 Å². The van der Waals surface area contributed by atoms with E-state index in [1.165, 1.54) is 12.1 Å². The number of nitrogens with one attached hydrogen (secondary N) is 1. The lowest BCUT2D eigenvalue weighted by Crippen LogP contribution is -2.15. The molecule has 0 fully saturated rings. The first-order valence-corrected chi connectivity index (χ1v) is 6.19. The Morgan fingerprint density at radius 3 is 2.50 bits per heavy atom. The molecule has 0 aromatic heterocycles. The molecule has 0 aliphatic carbocycles. The van der Waals surface area contributed by atoms with Gasteiger partial charge in [-0.2, -0.15) is 0 Å². The van der Waals surface area contributed by atoms with Gasteiger partial charge in [-0.3, -0.25) is 4.79 Å². The molecule has 0 bridgehead atoms. The molecule has 0 saturated carbocycles. The minimum absolute atomic E-state index is 0.0126. The van der Waals surface area contributed by atoms with Crippen molar-refractivity contribution in [3.05, 3.63) is 57.8 Å². The molecule has 0 saturated heterocycles. The van der Waals surface area contributed by atoms with E-state index in [0.29, 0.717) is 6.07 Å². The lowest BCUT2D eigenvalue weighted by atomic mass is 10.1. The topological polar surface area (TPSA) is 55.1 Å². The number of halogens is 4. The summed E-state index contributed by atoms with van der Waals surface area (Å²) in [5.74, 6) is -3.29. The second-order valence-corrected chi connectivity index (χ2v) is 4.76. The summed E-state index contributed by atoms with van der Waals surface area (Å²) in [5.41, 5.74) is 4.71. The third-order valence-electron chi connectivity index (χ3n) is 2.56. The summed E-state index contributed by atoms with van der Waals surface area (Å²) in [5, 5.41) is 2.21. The van der Waals surface area contributed by atoms with Gasteiger partial charge in [-0.05, 0) is 34.1 Å². The summed E-state index contributed by atoms with van der Waals surface area (Å²) < 4.78 is 39.8. The van der Waals surface area contributed by atoms with Gasteiger partial charge in [-0.25, -0.2) is 13.2 Å². The molecule has 3 N–H and O–H groups in total. The van der Waals surface area contributed by atoms with Crippen molar-refractivity contribution in [3.8, 4) is 0 Å². The molecule has 0 aliphatic heterocycles. The van der Waals surface area contributed by atoms with Crippen molar-refractivity contribution >= 4 is 33.2 Å². The van der Waals surface area contributed by atoms with Crippen LogP contribution in [-0.2, 0) is 0 Å². The highest BCUT2D eigenvalue weighted by Gasteiger charge is 2.15. The van der Waals surface area contributed by atoms with Crippen molar-refractivity contribution in [2.75, 3.05) is 11.1 Å². The Kier molecular flexibility index (Phi) is 3.99. The number of amides is 1. The standard InChI is InChI=1S/C13H8BrF3N2O/c14-7-4-11(10(17)5-9(7)16)19-13(20)6-2-1-3-8(15)12(6)18/h1-5H,18H2,(H,19,20). The Hall–Kier alpha value is -2.02. The first kappa shape index (κ1) is 14.4. The summed E-state index contributed by atoms with van der Waals surface area (Å²) in [7, 11) is 0. The average Bonchev–Trinajstić information content (AvgIpc) is 2.39. The third-order valence-corrected chi connectivity index (χ3v) is 3.16. The lowest BCUT2D eigenvalue weighted by molar-refractivity contribution is 0.102. The fourth-order valence-electron chi connectivity index (χ4n) is 1.54. The van der Waals surface area contributed by atoms with Crippen molar-refractivity contribution < 1.29 is 18.0 Å². The minimum Gasteiger partial charge on any atom is -0.396 e. The van der Waals surface area contributed by atoms with Crippen LogP contribution in [0.3, 0.4) is 0 Å². The SMILES string of the molecule is Nc1c(F)cccc1C(=O)Nc1cc(Br)c(F)cc1F. The maximum atomic E-state index is 13.5. The molecule has 0 heterocycles. The zero-order valence-electron chi connectivity index (χ0n) is 9.88. The fourth-order valence-corrected chi connectivity index (χ4v) is 1.89. The number of rotatable bonds is 2. The van der Waals surface area contributed by atoms with Gasteiger partial charge >= 0.3 is 0 Å². The molecule has 3 nitrogen and oxygen atoms in total. The number of hydrogen-bond acceptors (Lipinski definition) is 2. The molecule has 2 aromatic rings. The van der Waals surface area contributed by atoms with E-state index in [4.69, 9.17) is 5.73 Å². The van der Waals surface area contributed by atoms with Crippen molar-refractivity contribution in [1.82, 2.24) is 0 Å². The summed E-state index contributed by atoms with van der Waals surface area (Å²) in [6, 6.07) is 5.38. The van der Waals surface area contributed by atoms with Crippen LogP contribution in [-0.4, -0.2) is 5.91 Å². The summed E-state index contributed by atoms with van der Waals surface area (Å²) in [4.78, 5) is 11.9. The van der Waals surface area contributed by atoms with Crippen LogP contribution in [0.1, 0.15) is 10.4 Å². The number of hydrogen-bond donors (Lipinski definition) is 2. The second kappa shape index (κ2) is 5.54. The van der Waals surface area contributed by atoms with Gasteiger partial charge < -0.3 is 11.1 Å². The quantitative estimate of drug-likeness (QED) is 0.644. The molecule has 104 valence electrons. The highest BCUT2D eigenvalue weighted by molar-refractivity contribution is 9.10. The molecule has 1 amide bonds. The van der Waals surface area contributed by atoms with Crippen molar-refractivity contribution in [3.63, 3.8) is 0 Å². The second-order valence-electron chi connectivity index (χ2n) is 3.90. The number of benzene rings is 2. The molecule has 2 rings (SSSR count). The van der Waals surface area contributed by atoms with E-state index >= 15 is 0 Å². The minimum atomic E-state index is -0.950. The van der Waals surface area contributed by atoms with E-state index in [1.807, 2.05) is 0 Å². The number of carbonyl (C=O) groups is 1. The van der Waals surface area contributed by atoms with Crippen molar-refractivity contribution in [2.24, 2.45) is 0 Å². The first-order valence-electron chi connectivity index (χ1n) is 5.40. The van der Waals surface area contributed by atoms with Crippen LogP contribution >= 0.6 is 15.9 Å². The Bertz CT molecular complexity index is 692. The summed E-state index contributed by atoms with van der Waals surface area (Å²) >= 11 is 2.87. The summed E-state index contributed by atoms with van der Waals surface area (Å²) in [6.07, 6.45) is 0. The van der Waals surface area contributed by atoms with Crippen molar-refractivity contribution in [2.45, 2.75) is 0 Å². The van der Waals surface area contributed by atoms with E-state index in [0.717, 1.165) is 12.1 Å². The van der Waals surface area contributed by atoms with Crippen LogP contribution in [0.25, 0.3) is 0 Å². The van der Waals surface area contributed by atoms with Gasteiger partial charge in [0.25, 0.3) is 5.91 Å². The predicted octanol–water partition coefficient (Wildman–Crippen LogP) is 3.70. The fraction of sp³-hybridized carbons (Fsp3) is 0. The van der Waals surface area contributed by atoms with E-state index in [2.05, 4.69) is 21.2 Å². The Morgan fingerprint density at radius 1 is 1.10 bits per heavy atom. The predicted molar refractivity (Wildman–Crippen MR) is 72.8 cm³/mol. The molecule has 2 aromatic carbocycles. The van der Waals surface area contributed by atoms with E-state index in [-0.39, 0.29) is 21.4 Å². The number of nitrogens with two attached hydrogens (primary N) is 1. The number of anilines is 2. The van der Waals surface area contributed by atoms with E-state index in [1.54, 1.807) is 0 Å². The molecule has 0 radical (unpaired) electrons. The Morgan fingerprint density at radius 2 is 1.80 bits per heavy atom. The third kappa shape index (κ3) is 2.77. The van der Waals surface area contributed by atoms with E-state index in [9.17, 15) is 18.0 Å². The molecule has 0 spiro atoms. The van der Waals surface area contributed by atoms with Crippen LogP contribution < -0.4 is 11.1 Å². The number of para-hydroxylation sites is 1. The van der Waals surface area contributed by atoms with Crippen LogP contribution in [0.4, 0.5) is 24.5 Å². The normalized spacial score (nSPS) is 10.4. The van der Waals surface area contributed by atoms with Gasteiger partial charge in [0, 0.05) is 6.07 Å². The lowest BCUT2D eigenvalue weighted by Gasteiger charge is -2.09. The molecular formula is C13H8BrF3N2O. The number of carbonyl (C=O) groups excluding carboxylic acids is 1. The van der Waals surface area contributed by atoms with E-state index < -0.39 is 23.4 Å². The van der Waals surface area contributed by atoms with Gasteiger partial charge in [-0.1, -0.05) is 6.07 Å².